The van der Waals surface area contributed by atoms with Crippen molar-refractivity contribution in [2.24, 2.45) is 0 Å². The molecule has 0 bridgehead atoms. The summed E-state index contributed by atoms with van der Waals surface area (Å²) in [5, 5.41) is 0.164. The van der Waals surface area contributed by atoms with Crippen LogP contribution in [0.4, 0.5) is 4.39 Å². The number of aromatic nitrogens is 2. The van der Waals surface area contributed by atoms with Crippen LogP contribution in [0.25, 0.3) is 11.3 Å². The quantitative estimate of drug-likeness (QED) is 0.768. The van der Waals surface area contributed by atoms with Gasteiger partial charge in [-0.1, -0.05) is 11.6 Å². The largest absolute Gasteiger partial charge is 0.241 e. The molecule has 1 heterocycles. The highest BCUT2D eigenvalue weighted by Crippen LogP contribution is 2.28. The summed E-state index contributed by atoms with van der Waals surface area (Å²) in [7, 11) is 0. The first-order valence-corrected chi connectivity index (χ1v) is 5.62. The third kappa shape index (κ3) is 2.15. The van der Waals surface area contributed by atoms with Gasteiger partial charge in [0.1, 0.15) is 12.1 Å². The molecule has 0 aliphatic rings. The second kappa shape index (κ2) is 4.41. The molecule has 0 atom stereocenters. The third-order valence-corrected chi connectivity index (χ3v) is 3.30. The number of aryl methyl sites for hydroxylation is 2. The Labute approximate surface area is 104 Å². The molecule has 1 aromatic heterocycles. The molecular weight excluding hydrogens is 239 g/mol. The summed E-state index contributed by atoms with van der Waals surface area (Å²) in [5.41, 5.74) is 4.03. The van der Waals surface area contributed by atoms with Crippen molar-refractivity contribution in [2.45, 2.75) is 20.8 Å². The van der Waals surface area contributed by atoms with Crippen molar-refractivity contribution in [3.8, 4) is 11.3 Å². The Morgan fingerprint density at radius 3 is 2.47 bits per heavy atom. The van der Waals surface area contributed by atoms with E-state index in [2.05, 4.69) is 9.97 Å². The monoisotopic (exact) mass is 250 g/mol. The Balaban J connectivity index is 2.65. The van der Waals surface area contributed by atoms with Crippen LogP contribution in [0.3, 0.4) is 0 Å². The molecule has 0 amide bonds. The van der Waals surface area contributed by atoms with E-state index in [-0.39, 0.29) is 5.02 Å². The number of hydrogen-bond acceptors (Lipinski definition) is 2. The minimum Gasteiger partial charge on any atom is -0.241 e. The van der Waals surface area contributed by atoms with Crippen molar-refractivity contribution in [1.82, 2.24) is 9.97 Å². The summed E-state index contributed by atoms with van der Waals surface area (Å²) in [6.07, 6.45) is 1.49. The van der Waals surface area contributed by atoms with Crippen molar-refractivity contribution in [2.75, 3.05) is 0 Å². The van der Waals surface area contributed by atoms with Crippen LogP contribution in [-0.4, -0.2) is 9.97 Å². The summed E-state index contributed by atoms with van der Waals surface area (Å²) in [4.78, 5) is 8.30. The predicted molar refractivity (Wildman–Crippen MR) is 66.6 cm³/mol. The van der Waals surface area contributed by atoms with Crippen LogP contribution < -0.4 is 0 Å². The van der Waals surface area contributed by atoms with Gasteiger partial charge in [-0.05, 0) is 44.0 Å². The second-order valence-corrected chi connectivity index (χ2v) is 4.40. The van der Waals surface area contributed by atoms with Gasteiger partial charge in [-0.2, -0.15) is 0 Å². The van der Waals surface area contributed by atoms with Crippen LogP contribution >= 0.6 is 11.6 Å². The first-order valence-electron chi connectivity index (χ1n) is 5.25. The highest BCUT2D eigenvalue weighted by atomic mass is 35.5. The zero-order valence-corrected chi connectivity index (χ0v) is 10.6. The summed E-state index contributed by atoms with van der Waals surface area (Å²) in [5.74, 6) is -0.419. The molecule has 0 spiro atoms. The lowest BCUT2D eigenvalue weighted by Crippen LogP contribution is -1.96. The van der Waals surface area contributed by atoms with Gasteiger partial charge in [-0.15, -0.1) is 0 Å². The van der Waals surface area contributed by atoms with E-state index in [0.29, 0.717) is 5.56 Å². The zero-order chi connectivity index (χ0) is 12.6. The van der Waals surface area contributed by atoms with Crippen LogP contribution in [0.5, 0.6) is 0 Å². The standard InChI is InChI=1S/C13H12ClFN2/c1-7-4-10(5-11(15)12(7)14)13-8(2)9(3)16-6-17-13/h4-6H,1-3H3. The Hall–Kier alpha value is -1.48. The summed E-state index contributed by atoms with van der Waals surface area (Å²) in [6.45, 7) is 5.60. The lowest BCUT2D eigenvalue weighted by molar-refractivity contribution is 0.627. The minimum atomic E-state index is -0.419. The molecule has 1 aromatic carbocycles. The first kappa shape index (κ1) is 12.0. The van der Waals surface area contributed by atoms with Crippen molar-refractivity contribution in [3.05, 3.63) is 46.1 Å². The first-order chi connectivity index (χ1) is 8.00. The molecule has 2 aromatic rings. The van der Waals surface area contributed by atoms with E-state index in [0.717, 1.165) is 22.5 Å². The minimum absolute atomic E-state index is 0.164. The van der Waals surface area contributed by atoms with Crippen LogP contribution in [0.1, 0.15) is 16.8 Å². The van der Waals surface area contributed by atoms with Crippen LogP contribution in [0.15, 0.2) is 18.5 Å². The van der Waals surface area contributed by atoms with Gasteiger partial charge in [0.15, 0.2) is 0 Å². The van der Waals surface area contributed by atoms with E-state index in [4.69, 9.17) is 11.6 Å². The van der Waals surface area contributed by atoms with E-state index < -0.39 is 5.82 Å². The molecule has 2 rings (SSSR count). The molecule has 0 saturated heterocycles. The van der Waals surface area contributed by atoms with Crippen molar-refractivity contribution in [1.29, 1.82) is 0 Å². The van der Waals surface area contributed by atoms with Crippen molar-refractivity contribution >= 4 is 11.6 Å². The predicted octanol–water partition coefficient (Wildman–Crippen LogP) is 3.86. The smallest absolute Gasteiger partial charge is 0.142 e. The van der Waals surface area contributed by atoms with Gasteiger partial charge < -0.3 is 0 Å². The summed E-state index contributed by atoms with van der Waals surface area (Å²) < 4.78 is 13.6. The van der Waals surface area contributed by atoms with Gasteiger partial charge in [0.05, 0.1) is 10.7 Å². The van der Waals surface area contributed by atoms with E-state index >= 15 is 0 Å². The molecule has 0 N–H and O–H groups in total. The van der Waals surface area contributed by atoms with Crippen molar-refractivity contribution < 1.29 is 4.39 Å². The topological polar surface area (TPSA) is 25.8 Å². The van der Waals surface area contributed by atoms with Gasteiger partial charge in [0.25, 0.3) is 0 Å². The summed E-state index contributed by atoms with van der Waals surface area (Å²) in [6, 6.07) is 3.24. The normalized spacial score (nSPS) is 10.6. The van der Waals surface area contributed by atoms with Gasteiger partial charge in [-0.25, -0.2) is 14.4 Å². The third-order valence-electron chi connectivity index (χ3n) is 2.82. The molecular formula is C13H12ClFN2. The zero-order valence-electron chi connectivity index (χ0n) is 9.88. The molecule has 0 fully saturated rings. The average Bonchev–Trinajstić information content (AvgIpc) is 2.29. The van der Waals surface area contributed by atoms with E-state index in [1.807, 2.05) is 19.9 Å². The van der Waals surface area contributed by atoms with Gasteiger partial charge in [0, 0.05) is 11.3 Å². The van der Waals surface area contributed by atoms with Gasteiger partial charge >= 0.3 is 0 Å². The molecule has 88 valence electrons. The van der Waals surface area contributed by atoms with Gasteiger partial charge in [0.2, 0.25) is 0 Å². The van der Waals surface area contributed by atoms with Gasteiger partial charge in [-0.3, -0.25) is 0 Å². The molecule has 0 aliphatic carbocycles. The van der Waals surface area contributed by atoms with Crippen LogP contribution in [0.2, 0.25) is 5.02 Å². The maximum Gasteiger partial charge on any atom is 0.142 e. The van der Waals surface area contributed by atoms with E-state index in [9.17, 15) is 4.39 Å². The van der Waals surface area contributed by atoms with Crippen molar-refractivity contribution in [3.63, 3.8) is 0 Å². The lowest BCUT2D eigenvalue weighted by atomic mass is 10.0. The highest BCUT2D eigenvalue weighted by molar-refractivity contribution is 6.31. The number of benzene rings is 1. The molecule has 0 radical (unpaired) electrons. The fourth-order valence-electron chi connectivity index (χ4n) is 1.69. The fourth-order valence-corrected chi connectivity index (χ4v) is 1.80. The Morgan fingerprint density at radius 2 is 1.82 bits per heavy atom. The fraction of sp³-hybridized carbons (Fsp3) is 0.231. The van der Waals surface area contributed by atoms with E-state index in [1.54, 1.807) is 6.92 Å². The van der Waals surface area contributed by atoms with E-state index in [1.165, 1.54) is 12.4 Å². The molecule has 0 unspecified atom stereocenters. The maximum atomic E-state index is 13.6. The Kier molecular flexibility index (Phi) is 3.11. The number of nitrogens with zero attached hydrogens (tertiary/aromatic N) is 2. The average molecular weight is 251 g/mol. The SMILES string of the molecule is Cc1cc(-c2ncnc(C)c2C)cc(F)c1Cl. The lowest BCUT2D eigenvalue weighted by Gasteiger charge is -2.09. The summed E-state index contributed by atoms with van der Waals surface area (Å²) >= 11 is 5.80. The molecule has 2 nitrogen and oxygen atoms in total. The molecule has 17 heavy (non-hydrogen) atoms. The molecule has 0 saturated carbocycles. The Morgan fingerprint density at radius 1 is 1.12 bits per heavy atom. The maximum absolute atomic E-state index is 13.6. The molecule has 0 aliphatic heterocycles. The Bertz CT molecular complexity index is 559. The number of rotatable bonds is 1. The molecule has 4 heteroatoms. The number of hydrogen-bond donors (Lipinski definition) is 0. The van der Waals surface area contributed by atoms with Crippen LogP contribution in [0, 0.1) is 26.6 Å². The second-order valence-electron chi connectivity index (χ2n) is 4.02. The number of halogens is 2. The van der Waals surface area contributed by atoms with Crippen LogP contribution in [-0.2, 0) is 0 Å². The highest BCUT2D eigenvalue weighted by Gasteiger charge is 2.11.